The quantitative estimate of drug-likeness (QED) is 0.631. The normalized spacial score (nSPS) is 9.88. The van der Waals surface area contributed by atoms with Crippen molar-refractivity contribution >= 4 is 5.91 Å². The van der Waals surface area contributed by atoms with Crippen LogP contribution in [-0.4, -0.2) is 38.3 Å². The van der Waals surface area contributed by atoms with Gasteiger partial charge in [0.2, 0.25) is 0 Å². The van der Waals surface area contributed by atoms with Crippen molar-refractivity contribution in [2.75, 3.05) is 27.2 Å². The maximum Gasteiger partial charge on any atom is 0.255 e. The van der Waals surface area contributed by atoms with Crippen molar-refractivity contribution in [2.45, 2.75) is 0 Å². The van der Waals surface area contributed by atoms with Gasteiger partial charge in [0.25, 0.3) is 5.91 Å². The Kier molecular flexibility index (Phi) is 4.60. The van der Waals surface area contributed by atoms with Crippen LogP contribution < -0.4 is 15.4 Å². The molecule has 0 saturated heterocycles. The first-order valence-corrected chi connectivity index (χ1v) is 4.99. The summed E-state index contributed by atoms with van der Waals surface area (Å²) in [7, 11) is 3.30. The molecule has 5 nitrogen and oxygen atoms in total. The number of hydrogen-bond donors (Lipinski definition) is 3. The van der Waals surface area contributed by atoms with Gasteiger partial charge in [0, 0.05) is 19.2 Å². The average molecular weight is 224 g/mol. The number of methoxy groups -OCH3 is 1. The molecule has 0 aromatic heterocycles. The minimum absolute atomic E-state index is 0.0821. The van der Waals surface area contributed by atoms with Crippen LogP contribution in [0.4, 0.5) is 0 Å². The summed E-state index contributed by atoms with van der Waals surface area (Å²) in [6.07, 6.45) is 0. The number of rotatable bonds is 5. The van der Waals surface area contributed by atoms with Gasteiger partial charge < -0.3 is 20.5 Å². The molecule has 3 N–H and O–H groups in total. The molecule has 1 rings (SSSR count). The number of benzene rings is 1. The lowest BCUT2D eigenvalue weighted by molar-refractivity contribution is 0.0951. The van der Waals surface area contributed by atoms with Crippen molar-refractivity contribution in [2.24, 2.45) is 0 Å². The molecule has 16 heavy (non-hydrogen) atoms. The van der Waals surface area contributed by atoms with Crippen molar-refractivity contribution < 1.29 is 14.6 Å². The first kappa shape index (κ1) is 12.3. The molecular weight excluding hydrogens is 208 g/mol. The molecule has 88 valence electrons. The minimum Gasteiger partial charge on any atom is -0.507 e. The summed E-state index contributed by atoms with van der Waals surface area (Å²) in [5, 5.41) is 15.2. The van der Waals surface area contributed by atoms with Gasteiger partial charge in [-0.1, -0.05) is 0 Å². The van der Waals surface area contributed by atoms with Crippen LogP contribution in [0.1, 0.15) is 10.4 Å². The van der Waals surface area contributed by atoms with E-state index in [0.29, 0.717) is 18.8 Å². The van der Waals surface area contributed by atoms with Gasteiger partial charge in [-0.15, -0.1) is 0 Å². The number of likely N-dealkylation sites (N-methyl/N-ethyl adjacent to an activating group) is 1. The third-order valence-electron chi connectivity index (χ3n) is 2.11. The average Bonchev–Trinajstić information content (AvgIpc) is 2.29. The number of nitrogens with one attached hydrogen (secondary N) is 2. The predicted molar refractivity (Wildman–Crippen MR) is 60.9 cm³/mol. The zero-order valence-corrected chi connectivity index (χ0v) is 9.41. The minimum atomic E-state index is -0.296. The van der Waals surface area contributed by atoms with Gasteiger partial charge in [-0.3, -0.25) is 4.79 Å². The topological polar surface area (TPSA) is 70.6 Å². The lowest BCUT2D eigenvalue weighted by Crippen LogP contribution is -2.30. The SMILES string of the molecule is CNCCNC(=O)c1ccc(OC)cc1O. The Morgan fingerprint density at radius 1 is 1.44 bits per heavy atom. The number of aromatic hydroxyl groups is 1. The van der Waals surface area contributed by atoms with E-state index in [-0.39, 0.29) is 17.2 Å². The molecule has 0 bridgehead atoms. The zero-order chi connectivity index (χ0) is 12.0. The van der Waals surface area contributed by atoms with Crippen molar-refractivity contribution in [1.82, 2.24) is 10.6 Å². The second kappa shape index (κ2) is 5.97. The highest BCUT2D eigenvalue weighted by Gasteiger charge is 2.10. The Balaban J connectivity index is 2.68. The van der Waals surface area contributed by atoms with Crippen LogP contribution in [0.5, 0.6) is 11.5 Å². The molecule has 0 fully saturated rings. The van der Waals surface area contributed by atoms with E-state index in [1.807, 2.05) is 0 Å². The summed E-state index contributed by atoms with van der Waals surface area (Å²) in [6, 6.07) is 4.57. The number of phenols is 1. The molecule has 1 aromatic carbocycles. The molecule has 0 radical (unpaired) electrons. The van der Waals surface area contributed by atoms with Crippen LogP contribution in [-0.2, 0) is 0 Å². The number of carbonyl (C=O) groups is 1. The van der Waals surface area contributed by atoms with Gasteiger partial charge in [-0.2, -0.15) is 0 Å². The third-order valence-corrected chi connectivity index (χ3v) is 2.11. The van der Waals surface area contributed by atoms with Gasteiger partial charge in [0.1, 0.15) is 11.5 Å². The Morgan fingerprint density at radius 3 is 2.75 bits per heavy atom. The van der Waals surface area contributed by atoms with E-state index < -0.39 is 0 Å². The van der Waals surface area contributed by atoms with E-state index in [4.69, 9.17) is 4.74 Å². The first-order chi connectivity index (χ1) is 7.69. The highest BCUT2D eigenvalue weighted by atomic mass is 16.5. The first-order valence-electron chi connectivity index (χ1n) is 4.99. The van der Waals surface area contributed by atoms with Gasteiger partial charge in [-0.05, 0) is 19.2 Å². The van der Waals surface area contributed by atoms with Crippen molar-refractivity contribution in [1.29, 1.82) is 0 Å². The van der Waals surface area contributed by atoms with Crippen molar-refractivity contribution in [3.63, 3.8) is 0 Å². The van der Waals surface area contributed by atoms with Crippen molar-refractivity contribution in [3.8, 4) is 11.5 Å². The second-order valence-corrected chi connectivity index (χ2v) is 3.24. The lowest BCUT2D eigenvalue weighted by Gasteiger charge is -2.07. The lowest BCUT2D eigenvalue weighted by atomic mass is 10.2. The largest absolute Gasteiger partial charge is 0.507 e. The third kappa shape index (κ3) is 3.13. The van der Waals surface area contributed by atoms with Gasteiger partial charge in [-0.25, -0.2) is 0 Å². The Hall–Kier alpha value is -1.75. The molecule has 1 aromatic rings. The van der Waals surface area contributed by atoms with E-state index in [1.54, 1.807) is 13.1 Å². The molecular formula is C11H16N2O3. The van der Waals surface area contributed by atoms with Crippen LogP contribution >= 0.6 is 0 Å². The van der Waals surface area contributed by atoms with Crippen LogP contribution in [0.25, 0.3) is 0 Å². The molecule has 0 unspecified atom stereocenters. The number of carbonyl (C=O) groups excluding carboxylic acids is 1. The molecule has 0 heterocycles. The Labute approximate surface area is 94.4 Å². The van der Waals surface area contributed by atoms with E-state index in [2.05, 4.69) is 10.6 Å². The van der Waals surface area contributed by atoms with E-state index in [1.165, 1.54) is 19.2 Å². The Morgan fingerprint density at radius 2 is 2.19 bits per heavy atom. The van der Waals surface area contributed by atoms with Crippen LogP contribution in [0, 0.1) is 0 Å². The van der Waals surface area contributed by atoms with Crippen LogP contribution in [0.15, 0.2) is 18.2 Å². The summed E-state index contributed by atoms with van der Waals surface area (Å²) in [5.41, 5.74) is 0.247. The second-order valence-electron chi connectivity index (χ2n) is 3.24. The van der Waals surface area contributed by atoms with E-state index in [9.17, 15) is 9.90 Å². The molecule has 0 saturated carbocycles. The number of ether oxygens (including phenoxy) is 1. The zero-order valence-electron chi connectivity index (χ0n) is 9.41. The van der Waals surface area contributed by atoms with Gasteiger partial charge in [0.15, 0.2) is 0 Å². The summed E-state index contributed by atoms with van der Waals surface area (Å²) in [5.74, 6) is 0.140. The van der Waals surface area contributed by atoms with Gasteiger partial charge in [0.05, 0.1) is 12.7 Å². The van der Waals surface area contributed by atoms with E-state index in [0.717, 1.165) is 0 Å². The van der Waals surface area contributed by atoms with Crippen LogP contribution in [0.3, 0.4) is 0 Å². The maximum atomic E-state index is 11.6. The molecule has 0 aliphatic heterocycles. The molecule has 0 spiro atoms. The molecule has 5 heteroatoms. The molecule has 0 aliphatic carbocycles. The fourth-order valence-electron chi connectivity index (χ4n) is 1.23. The summed E-state index contributed by atoms with van der Waals surface area (Å²) >= 11 is 0. The molecule has 0 aliphatic rings. The standard InChI is InChI=1S/C11H16N2O3/c1-12-5-6-13-11(15)9-4-3-8(16-2)7-10(9)14/h3-4,7,12,14H,5-6H2,1-2H3,(H,13,15). The maximum absolute atomic E-state index is 11.6. The smallest absolute Gasteiger partial charge is 0.255 e. The fraction of sp³-hybridized carbons (Fsp3) is 0.364. The van der Waals surface area contributed by atoms with Crippen molar-refractivity contribution in [3.05, 3.63) is 23.8 Å². The Bertz CT molecular complexity index is 366. The number of phenolic OH excluding ortho intramolecular Hbond substituents is 1. The number of hydrogen-bond acceptors (Lipinski definition) is 4. The summed E-state index contributed by atoms with van der Waals surface area (Å²) < 4.78 is 4.93. The highest BCUT2D eigenvalue weighted by molar-refractivity contribution is 5.96. The molecule has 1 amide bonds. The summed E-state index contributed by atoms with van der Waals surface area (Å²) in [4.78, 5) is 11.6. The fourth-order valence-corrected chi connectivity index (χ4v) is 1.23. The van der Waals surface area contributed by atoms with Gasteiger partial charge >= 0.3 is 0 Å². The summed E-state index contributed by atoms with van der Waals surface area (Å²) in [6.45, 7) is 1.20. The predicted octanol–water partition coefficient (Wildman–Crippen LogP) is 0.350. The van der Waals surface area contributed by atoms with Crippen LogP contribution in [0.2, 0.25) is 0 Å². The molecule has 0 atom stereocenters. The number of amides is 1. The highest BCUT2D eigenvalue weighted by Crippen LogP contribution is 2.22. The monoisotopic (exact) mass is 224 g/mol. The van der Waals surface area contributed by atoms with E-state index >= 15 is 0 Å².